The topological polar surface area (TPSA) is 52.2 Å². The van der Waals surface area contributed by atoms with E-state index >= 15 is 0 Å². The van der Waals surface area contributed by atoms with E-state index in [-0.39, 0.29) is 6.54 Å². The Kier molecular flexibility index (Phi) is 11.8. The normalized spacial score (nSPS) is 8.89. The Morgan fingerprint density at radius 3 is 1.61 bits per heavy atom. The molecular formula is C13H21ClIrNO2. The van der Waals surface area contributed by atoms with Crippen molar-refractivity contribution < 1.29 is 27.8 Å². The molecule has 3 nitrogen and oxygen atoms in total. The van der Waals surface area contributed by atoms with Crippen molar-refractivity contribution in [2.24, 2.45) is 0 Å². The molecule has 1 aromatic carbocycles. The summed E-state index contributed by atoms with van der Waals surface area (Å²) in [6.45, 7) is 10.9. The van der Waals surface area contributed by atoms with Crippen LogP contribution in [0.1, 0.15) is 27.8 Å². The molecule has 0 heterocycles. The first kappa shape index (κ1) is 20.0. The van der Waals surface area contributed by atoms with Gasteiger partial charge in [0.1, 0.15) is 0 Å². The fraction of sp³-hybridized carbons (Fsp3) is 0.538. The molecule has 0 bridgehead atoms. The van der Waals surface area contributed by atoms with Gasteiger partial charge in [-0.2, -0.15) is 27.8 Å². The molecule has 0 aliphatic rings. The SMILES string of the molecule is CNCC(=O)[O-].Cc1c(C)c(C)[c-](C)c1C.[Cl][Ir+2]. The minimum atomic E-state index is -1.07. The Morgan fingerprint density at radius 2 is 1.56 bits per heavy atom. The molecule has 0 spiro atoms. The van der Waals surface area contributed by atoms with Crippen LogP contribution in [0.4, 0.5) is 0 Å². The first-order valence-electron chi connectivity index (χ1n) is 5.49. The van der Waals surface area contributed by atoms with Crippen LogP contribution in [0, 0.1) is 34.6 Å². The number of carboxylic acid groups (broad SMARTS) is 1. The Labute approximate surface area is 124 Å². The van der Waals surface area contributed by atoms with Crippen molar-refractivity contribution in [2.75, 3.05) is 13.6 Å². The third kappa shape index (κ3) is 6.60. The van der Waals surface area contributed by atoms with Crippen molar-refractivity contribution in [3.8, 4) is 0 Å². The van der Waals surface area contributed by atoms with Gasteiger partial charge in [0.05, 0.1) is 5.97 Å². The van der Waals surface area contributed by atoms with E-state index in [9.17, 15) is 9.90 Å². The molecule has 0 amide bonds. The van der Waals surface area contributed by atoms with E-state index in [4.69, 9.17) is 0 Å². The van der Waals surface area contributed by atoms with E-state index in [0.717, 1.165) is 0 Å². The fourth-order valence-corrected chi connectivity index (χ4v) is 1.55. The van der Waals surface area contributed by atoms with E-state index in [1.54, 1.807) is 7.05 Å². The van der Waals surface area contributed by atoms with Crippen LogP contribution in [-0.2, 0) is 22.7 Å². The molecule has 0 aliphatic heterocycles. The molecule has 1 N–H and O–H groups in total. The maximum atomic E-state index is 9.43. The molecule has 1 rings (SSSR count). The standard InChI is InChI=1S/C10H15.C3H7NO2.ClH.Ir/c1-6-7(2)9(4)10(5)8(6)3;1-4-2-3(5)6;;/h1-5H3;4H,2H2,1H3,(H,5,6);1H;/q-1;;;+3/p-2. The van der Waals surface area contributed by atoms with Crippen LogP contribution < -0.4 is 10.4 Å². The van der Waals surface area contributed by atoms with Gasteiger partial charge < -0.3 is 15.2 Å². The second-order valence-electron chi connectivity index (χ2n) is 4.03. The van der Waals surface area contributed by atoms with Crippen LogP contribution >= 0.6 is 9.58 Å². The second kappa shape index (κ2) is 10.6. The number of carbonyl (C=O) groups excluding carboxylic acids is 1. The molecule has 0 aromatic heterocycles. The summed E-state index contributed by atoms with van der Waals surface area (Å²) in [5.74, 6) is -1.07. The Hall–Kier alpha value is -0.281. The van der Waals surface area contributed by atoms with E-state index < -0.39 is 5.97 Å². The van der Waals surface area contributed by atoms with Gasteiger partial charge >= 0.3 is 27.5 Å². The molecule has 0 fully saturated rings. The van der Waals surface area contributed by atoms with Crippen LogP contribution in [0.25, 0.3) is 0 Å². The molecule has 0 unspecified atom stereocenters. The molecule has 0 saturated heterocycles. The van der Waals surface area contributed by atoms with Crippen LogP contribution in [0.5, 0.6) is 0 Å². The molecule has 1 aromatic rings. The van der Waals surface area contributed by atoms with Crippen LogP contribution in [0.2, 0.25) is 0 Å². The average Bonchev–Trinajstić information content (AvgIpc) is 2.51. The Bertz CT molecular complexity index is 295. The molecule has 0 saturated carbocycles. The number of likely N-dealkylation sites (N-methyl/N-ethyl adjacent to an activating group) is 1. The van der Waals surface area contributed by atoms with E-state index in [2.05, 4.69) is 49.5 Å². The van der Waals surface area contributed by atoms with Gasteiger partial charge in [0.15, 0.2) is 0 Å². The predicted molar refractivity (Wildman–Crippen MR) is 70.5 cm³/mol. The molecule has 0 radical (unpaired) electrons. The summed E-state index contributed by atoms with van der Waals surface area (Å²) in [7, 11) is 6.19. The monoisotopic (exact) mass is 451 g/mol. The molecule has 106 valence electrons. The van der Waals surface area contributed by atoms with Crippen molar-refractivity contribution in [1.82, 2.24) is 5.32 Å². The van der Waals surface area contributed by atoms with Gasteiger partial charge in [0.2, 0.25) is 0 Å². The molecular weight excluding hydrogens is 430 g/mol. The van der Waals surface area contributed by atoms with E-state index in [1.807, 2.05) is 0 Å². The maximum absolute atomic E-state index is 9.43. The number of carboxylic acids is 1. The summed E-state index contributed by atoms with van der Waals surface area (Å²) in [5, 5.41) is 11.8. The van der Waals surface area contributed by atoms with E-state index in [0.29, 0.717) is 0 Å². The van der Waals surface area contributed by atoms with Crippen LogP contribution in [0.3, 0.4) is 0 Å². The summed E-state index contributed by atoms with van der Waals surface area (Å²) in [5.41, 5.74) is 7.34. The van der Waals surface area contributed by atoms with Crippen molar-refractivity contribution in [1.29, 1.82) is 0 Å². The van der Waals surface area contributed by atoms with E-state index in [1.165, 1.54) is 45.7 Å². The third-order valence-electron chi connectivity index (χ3n) is 3.13. The zero-order valence-corrected chi connectivity index (χ0v) is 14.9. The second-order valence-corrected chi connectivity index (χ2v) is 4.03. The number of aliphatic carboxylic acids is 1. The number of halogens is 1. The van der Waals surface area contributed by atoms with Gasteiger partial charge in [-0.05, 0) is 7.05 Å². The first-order valence-corrected chi connectivity index (χ1v) is 8.46. The quantitative estimate of drug-likeness (QED) is 0.696. The van der Waals surface area contributed by atoms with Gasteiger partial charge in [0.25, 0.3) is 0 Å². The summed E-state index contributed by atoms with van der Waals surface area (Å²) in [6, 6.07) is 0. The number of carbonyl (C=O) groups is 1. The summed E-state index contributed by atoms with van der Waals surface area (Å²) >= 11 is 1.47. The summed E-state index contributed by atoms with van der Waals surface area (Å²) in [4.78, 5) is 9.43. The van der Waals surface area contributed by atoms with Crippen LogP contribution in [-0.4, -0.2) is 19.6 Å². The van der Waals surface area contributed by atoms with Gasteiger partial charge in [-0.3, -0.25) is 0 Å². The number of hydrogen-bond acceptors (Lipinski definition) is 3. The Morgan fingerprint density at radius 1 is 1.22 bits per heavy atom. The van der Waals surface area contributed by atoms with Gasteiger partial charge in [-0.15, -0.1) is 0 Å². The van der Waals surface area contributed by atoms with Crippen molar-refractivity contribution in [2.45, 2.75) is 34.6 Å². The number of nitrogens with one attached hydrogen (secondary N) is 1. The minimum absolute atomic E-state index is 0.0694. The average molecular weight is 451 g/mol. The van der Waals surface area contributed by atoms with Gasteiger partial charge in [0, 0.05) is 6.54 Å². The van der Waals surface area contributed by atoms with Crippen molar-refractivity contribution in [3.05, 3.63) is 27.8 Å². The third-order valence-corrected chi connectivity index (χ3v) is 3.13. The predicted octanol–water partition coefficient (Wildman–Crippen LogP) is 1.59. The molecule has 18 heavy (non-hydrogen) atoms. The van der Waals surface area contributed by atoms with Crippen LogP contribution in [0.15, 0.2) is 0 Å². The van der Waals surface area contributed by atoms with Crippen molar-refractivity contribution in [3.63, 3.8) is 0 Å². The molecule has 0 aliphatic carbocycles. The molecule has 5 heteroatoms. The number of rotatable bonds is 2. The summed E-state index contributed by atoms with van der Waals surface area (Å²) in [6.07, 6.45) is 0. The van der Waals surface area contributed by atoms with Gasteiger partial charge in [-0.1, -0.05) is 34.6 Å². The summed E-state index contributed by atoms with van der Waals surface area (Å²) < 4.78 is 0. The fourth-order valence-electron chi connectivity index (χ4n) is 1.55. The number of hydrogen-bond donors (Lipinski definition) is 1. The zero-order chi connectivity index (χ0) is 14.9. The first-order chi connectivity index (χ1) is 8.32. The van der Waals surface area contributed by atoms with Crippen molar-refractivity contribution >= 4 is 15.6 Å². The molecule has 0 atom stereocenters. The Balaban J connectivity index is 0. The van der Waals surface area contributed by atoms with Gasteiger partial charge in [-0.25, -0.2) is 0 Å². The zero-order valence-electron chi connectivity index (χ0n) is 11.7.